The molecule has 6 unspecified atom stereocenters. The average Bonchev–Trinajstić information content (AvgIpc) is 0.706. The standard InChI is InChI=1S/C50H24F72O4S4/c51-13(3-19(55,56)23(63,64)27(71,72)31(79,80)35(87,88)39(95,96)43(103,104)47(111,112)113)127-9-11(129-15(53)5-21(59,60)25(67,68)29(75,76)33(83,84)37(91,92)41(99,100)45(107,108)49(117,118)119)7-125-17(123)1-2-18(124)126-8-12(130-16(54)6-22(61,62)26(69,70)30(77,78)34(85,86)38(93,94)42(101,102)46(109,110)50(120,121)122)10-128-14(52)4-20(57,58)24(65,66)28(73,74)32(81,82)36(89,90)40(97,98)44(105,106)48(114,115)116/h1-2,11-16H,3-10H2/b2-1+. The van der Waals surface area contributed by atoms with Crippen LogP contribution in [0.3, 0.4) is 0 Å². The Hall–Kier alpha value is -4.96. The largest absolute Gasteiger partial charge is 0.461 e. The van der Waals surface area contributed by atoms with Crippen molar-refractivity contribution in [3.8, 4) is 0 Å². The van der Waals surface area contributed by atoms with Crippen molar-refractivity contribution in [2.45, 2.75) is 249 Å². The maximum Gasteiger partial charge on any atom is 0.460 e. The Morgan fingerprint density at radius 3 is 0.454 bits per heavy atom. The molecule has 0 aliphatic heterocycles. The number of carbonyl (C=O) groups is 2. The van der Waals surface area contributed by atoms with Gasteiger partial charge >= 0.3 is 202 Å². The number of rotatable bonds is 48. The third-order valence-electron chi connectivity index (χ3n) is 15.6. The quantitative estimate of drug-likeness (QED) is 0.0339. The highest BCUT2D eigenvalue weighted by Crippen LogP contribution is 2.71. The van der Waals surface area contributed by atoms with Crippen LogP contribution in [0.5, 0.6) is 0 Å². The number of esters is 2. The van der Waals surface area contributed by atoms with Crippen molar-refractivity contribution < 1.29 is 335 Å². The highest BCUT2D eigenvalue weighted by Gasteiger charge is 3.01. The van der Waals surface area contributed by atoms with Crippen molar-refractivity contribution in [1.29, 1.82) is 0 Å². The van der Waals surface area contributed by atoms with Gasteiger partial charge in [0.05, 0.1) is 36.2 Å². The molecule has 0 spiro atoms. The van der Waals surface area contributed by atoms with Crippen molar-refractivity contribution in [2.24, 2.45) is 0 Å². The van der Waals surface area contributed by atoms with E-state index in [9.17, 15) is 317 Å². The van der Waals surface area contributed by atoms with Crippen molar-refractivity contribution in [1.82, 2.24) is 0 Å². The molecule has 80 heteroatoms. The Morgan fingerprint density at radius 2 is 0.315 bits per heavy atom. The molecular weight excluding hydrogens is 2160 g/mol. The number of halogens is 72. The fourth-order valence-corrected chi connectivity index (χ4v) is 12.5. The van der Waals surface area contributed by atoms with Crippen molar-refractivity contribution in [3.63, 3.8) is 0 Å². The van der Waals surface area contributed by atoms with Gasteiger partial charge in [-0.1, -0.05) is 0 Å². The van der Waals surface area contributed by atoms with Crippen molar-refractivity contribution in [2.75, 3.05) is 24.7 Å². The molecule has 0 radical (unpaired) electrons. The van der Waals surface area contributed by atoms with E-state index in [0.29, 0.717) is 0 Å². The molecule has 776 valence electrons. The molecule has 0 amide bonds. The minimum atomic E-state index is -9.56. The van der Waals surface area contributed by atoms with E-state index in [1.807, 2.05) is 0 Å². The smallest absolute Gasteiger partial charge is 0.460 e. The maximum absolute atomic E-state index is 15.2. The topological polar surface area (TPSA) is 52.6 Å². The lowest BCUT2D eigenvalue weighted by atomic mass is 9.88. The van der Waals surface area contributed by atoms with Gasteiger partial charge in [0, 0.05) is 23.7 Å². The molecule has 0 aromatic carbocycles. The lowest BCUT2D eigenvalue weighted by Crippen LogP contribution is -2.74. The summed E-state index contributed by atoms with van der Waals surface area (Å²) in [5.41, 5.74) is -19.8. The number of hydrogen-bond acceptors (Lipinski definition) is 8. The first-order valence-corrected chi connectivity index (χ1v) is 33.7. The second kappa shape index (κ2) is 36.4. The summed E-state index contributed by atoms with van der Waals surface area (Å²) < 4.78 is 1010. The summed E-state index contributed by atoms with van der Waals surface area (Å²) in [4.78, 5) is 24.9. The summed E-state index contributed by atoms with van der Waals surface area (Å²) in [7, 11) is 0. The fraction of sp³-hybridized carbons (Fsp3) is 0.920. The zero-order chi connectivity index (χ0) is 106. The molecule has 6 atom stereocenters. The molecular formula is C50H24F72O4S4. The van der Waals surface area contributed by atoms with Gasteiger partial charge in [-0.3, -0.25) is 0 Å². The zero-order valence-electron chi connectivity index (χ0n) is 57.8. The third-order valence-corrected chi connectivity index (χ3v) is 20.6. The SMILES string of the molecule is O=C(/C=C/C(=O)OCC(CSC(F)CC(F)(F)C(F)(F)C(F)(F)C(F)(F)C(F)(F)C(F)(F)C(F)(F)C(F)(F)F)SC(F)CC(F)(F)C(F)(F)C(F)(F)C(F)(F)C(F)(F)C(F)(F)C(F)(F)C(F)(F)F)OCC(CSC(F)CC(F)(F)C(F)(F)C(F)(F)C(F)(F)C(F)(F)C(F)(F)C(F)(F)C(F)(F)F)SC(F)CC(F)(F)C(F)(F)C(F)(F)C(F)(F)C(F)(F)C(F)(F)C(F)(F)C(F)(F)F. The first-order valence-electron chi connectivity index (χ1n) is 29.7. The lowest BCUT2D eigenvalue weighted by Gasteiger charge is -2.43. The predicted octanol–water partition coefficient (Wildman–Crippen LogP) is 27.1. The van der Waals surface area contributed by atoms with Crippen molar-refractivity contribution >= 4 is 59.0 Å². The molecule has 0 aliphatic rings. The van der Waals surface area contributed by atoms with Crippen LogP contribution in [-0.4, -0.2) is 260 Å². The Morgan fingerprint density at radius 1 is 0.192 bits per heavy atom. The van der Waals surface area contributed by atoms with Crippen LogP contribution in [0.1, 0.15) is 25.7 Å². The molecule has 0 heterocycles. The van der Waals surface area contributed by atoms with Gasteiger partial charge in [-0.25, -0.2) is 27.2 Å². The second-order valence-corrected chi connectivity index (χ2v) is 30.1. The molecule has 0 aliphatic carbocycles. The Labute approximate surface area is 679 Å². The molecule has 0 aromatic heterocycles. The summed E-state index contributed by atoms with van der Waals surface area (Å²) >= 11 is -7.83. The monoisotopic (exact) mass is 2180 g/mol. The number of alkyl halides is 72. The highest BCUT2D eigenvalue weighted by atomic mass is 32.2. The molecule has 0 rings (SSSR count). The third kappa shape index (κ3) is 20.4. The maximum atomic E-state index is 15.2. The molecule has 0 aromatic rings. The van der Waals surface area contributed by atoms with E-state index in [4.69, 9.17) is 0 Å². The van der Waals surface area contributed by atoms with Crippen LogP contribution >= 0.6 is 47.0 Å². The van der Waals surface area contributed by atoms with Gasteiger partial charge in [0.25, 0.3) is 0 Å². The molecule has 0 saturated heterocycles. The second-order valence-electron chi connectivity index (χ2n) is 24.8. The Kier molecular flexibility index (Phi) is 35.0. The molecule has 0 bridgehead atoms. The van der Waals surface area contributed by atoms with E-state index < -0.39 is 345 Å². The van der Waals surface area contributed by atoms with Crippen LogP contribution < -0.4 is 0 Å². The summed E-state index contributed by atoms with van der Waals surface area (Å²) in [5.74, 6) is -266. The molecule has 0 fully saturated rings. The lowest BCUT2D eigenvalue weighted by molar-refractivity contribution is -0.462. The zero-order valence-corrected chi connectivity index (χ0v) is 61.0. The molecule has 0 N–H and O–H groups in total. The van der Waals surface area contributed by atoms with E-state index in [-0.39, 0.29) is 0 Å². The van der Waals surface area contributed by atoms with Gasteiger partial charge in [0.1, 0.15) is 13.2 Å². The van der Waals surface area contributed by atoms with Crippen LogP contribution in [0.15, 0.2) is 12.2 Å². The van der Waals surface area contributed by atoms with E-state index in [1.165, 1.54) is 0 Å². The van der Waals surface area contributed by atoms with E-state index >= 15 is 8.78 Å². The van der Waals surface area contributed by atoms with Crippen LogP contribution in [0, 0.1) is 0 Å². The minimum absolute atomic E-state index is 1.03. The number of hydrogen-bond donors (Lipinski definition) is 0. The van der Waals surface area contributed by atoms with Crippen LogP contribution in [0.4, 0.5) is 316 Å². The first kappa shape index (κ1) is 125. The summed E-state index contributed by atoms with van der Waals surface area (Å²) in [6.07, 6.45) is -53.5. The predicted molar refractivity (Wildman–Crippen MR) is 280 cm³/mol. The average molecular weight is 2180 g/mol. The van der Waals surface area contributed by atoms with Gasteiger partial charge < -0.3 is 9.47 Å². The number of carbonyl (C=O) groups excluding carboxylic acids is 2. The fourth-order valence-electron chi connectivity index (χ4n) is 8.00. The normalized spacial score (nSPS) is 17.8. The highest BCUT2D eigenvalue weighted by molar-refractivity contribution is 8.04. The van der Waals surface area contributed by atoms with Crippen molar-refractivity contribution in [3.05, 3.63) is 12.2 Å². The molecule has 4 nitrogen and oxygen atoms in total. The first-order chi connectivity index (χ1) is 55.7. The molecule has 0 saturated carbocycles. The van der Waals surface area contributed by atoms with Crippen LogP contribution in [0.25, 0.3) is 0 Å². The van der Waals surface area contributed by atoms with E-state index in [0.717, 1.165) is 0 Å². The number of thioether (sulfide) groups is 4. The van der Waals surface area contributed by atoms with E-state index in [1.54, 1.807) is 0 Å². The summed E-state index contributed by atoms with van der Waals surface area (Å²) in [5, 5.41) is -7.27. The van der Waals surface area contributed by atoms with Gasteiger partial charge in [-0.15, -0.1) is 47.0 Å². The van der Waals surface area contributed by atoms with Crippen LogP contribution in [-0.2, 0) is 19.1 Å². The van der Waals surface area contributed by atoms with Gasteiger partial charge in [-0.05, 0) is 0 Å². The van der Waals surface area contributed by atoms with Gasteiger partial charge in [0.2, 0.25) is 0 Å². The molecule has 130 heavy (non-hydrogen) atoms. The Balaban J connectivity index is 8.32. The summed E-state index contributed by atoms with van der Waals surface area (Å²) in [6, 6.07) is 0. The summed E-state index contributed by atoms with van der Waals surface area (Å²) in [6.45, 7) is -5.58. The van der Waals surface area contributed by atoms with Gasteiger partial charge in [0.15, 0.2) is 22.0 Å². The van der Waals surface area contributed by atoms with Crippen LogP contribution in [0.2, 0.25) is 0 Å². The van der Waals surface area contributed by atoms with E-state index in [2.05, 4.69) is 9.47 Å². The van der Waals surface area contributed by atoms with Gasteiger partial charge in [-0.2, -0.15) is 299 Å². The Bertz CT molecular complexity index is 3580. The number of ether oxygens (including phenoxy) is 2. The minimum Gasteiger partial charge on any atom is -0.461 e.